The van der Waals surface area contributed by atoms with Crippen LogP contribution in [0.5, 0.6) is 0 Å². The van der Waals surface area contributed by atoms with E-state index >= 15 is 0 Å². The molecule has 2 nitrogen and oxygen atoms in total. The predicted molar refractivity (Wildman–Crippen MR) is 83.4 cm³/mol. The van der Waals surface area contributed by atoms with Gasteiger partial charge in [-0.3, -0.25) is 4.99 Å². The van der Waals surface area contributed by atoms with E-state index in [2.05, 4.69) is 11.6 Å². The van der Waals surface area contributed by atoms with Gasteiger partial charge in [-0.25, -0.2) is 4.39 Å². The van der Waals surface area contributed by atoms with E-state index < -0.39 is 0 Å². The largest absolute Gasteiger partial charge is 0.396 e. The lowest BCUT2D eigenvalue weighted by Gasteiger charge is -2.06. The van der Waals surface area contributed by atoms with E-state index in [0.717, 1.165) is 17.6 Å². The van der Waals surface area contributed by atoms with Crippen molar-refractivity contribution in [3.63, 3.8) is 0 Å². The summed E-state index contributed by atoms with van der Waals surface area (Å²) in [5.41, 5.74) is 2.80. The quantitative estimate of drug-likeness (QED) is 0.745. The summed E-state index contributed by atoms with van der Waals surface area (Å²) in [6, 6.07) is 5.04. The highest BCUT2D eigenvalue weighted by molar-refractivity contribution is 5.84. The van der Waals surface area contributed by atoms with Gasteiger partial charge in [-0.2, -0.15) is 0 Å². The van der Waals surface area contributed by atoms with Crippen LogP contribution >= 0.6 is 0 Å². The summed E-state index contributed by atoms with van der Waals surface area (Å²) in [7, 11) is 0. The van der Waals surface area contributed by atoms with Crippen LogP contribution in [0.25, 0.3) is 5.70 Å². The van der Waals surface area contributed by atoms with Gasteiger partial charge in [-0.15, -0.1) is 0 Å². The van der Waals surface area contributed by atoms with Gasteiger partial charge in [0, 0.05) is 18.4 Å². The molecule has 0 spiro atoms. The van der Waals surface area contributed by atoms with Crippen LogP contribution in [0, 0.1) is 5.82 Å². The summed E-state index contributed by atoms with van der Waals surface area (Å²) in [6.45, 7) is 7.92. The Morgan fingerprint density at radius 2 is 2.20 bits per heavy atom. The molecule has 0 bridgehead atoms. The van der Waals surface area contributed by atoms with E-state index in [1.807, 2.05) is 26.0 Å². The molecule has 0 aliphatic rings. The molecule has 0 atom stereocenters. The van der Waals surface area contributed by atoms with E-state index in [1.165, 1.54) is 6.07 Å². The molecular formula is C17H22FNO. The fourth-order valence-electron chi connectivity index (χ4n) is 1.83. The summed E-state index contributed by atoms with van der Waals surface area (Å²) in [5.74, 6) is -0.318. The molecule has 1 N–H and O–H groups in total. The first-order valence-corrected chi connectivity index (χ1v) is 6.90. The number of hydrogen-bond donors (Lipinski definition) is 1. The van der Waals surface area contributed by atoms with Gasteiger partial charge >= 0.3 is 0 Å². The fourth-order valence-corrected chi connectivity index (χ4v) is 1.83. The molecule has 0 aromatic heterocycles. The number of benzene rings is 1. The summed E-state index contributed by atoms with van der Waals surface area (Å²) in [6.07, 6.45) is 5.89. The van der Waals surface area contributed by atoms with Crippen LogP contribution in [0.15, 0.2) is 41.4 Å². The van der Waals surface area contributed by atoms with Crippen LogP contribution in [0.3, 0.4) is 0 Å². The molecule has 108 valence electrons. The van der Waals surface area contributed by atoms with Crippen molar-refractivity contribution in [3.05, 3.63) is 53.4 Å². The number of aliphatic hydroxyl groups is 1. The third-order valence-electron chi connectivity index (χ3n) is 3.13. The number of hydrogen-bond acceptors (Lipinski definition) is 2. The van der Waals surface area contributed by atoms with Gasteiger partial charge in [0.1, 0.15) is 5.82 Å². The van der Waals surface area contributed by atoms with Gasteiger partial charge in [0.25, 0.3) is 0 Å². The van der Waals surface area contributed by atoms with Gasteiger partial charge in [0.05, 0.1) is 5.70 Å². The average Bonchev–Trinajstić information content (AvgIpc) is 2.46. The molecule has 0 radical (unpaired) electrons. The zero-order chi connectivity index (χ0) is 15.0. The number of aliphatic imine (C=N–C) groups is 1. The van der Waals surface area contributed by atoms with Crippen molar-refractivity contribution in [3.8, 4) is 0 Å². The summed E-state index contributed by atoms with van der Waals surface area (Å²) in [4.78, 5) is 4.22. The van der Waals surface area contributed by atoms with Crippen LogP contribution in [-0.4, -0.2) is 17.9 Å². The highest BCUT2D eigenvalue weighted by Crippen LogP contribution is 2.20. The lowest BCUT2D eigenvalue weighted by molar-refractivity contribution is 0.288. The van der Waals surface area contributed by atoms with Crippen molar-refractivity contribution < 1.29 is 9.50 Å². The standard InChI is InChI=1S/C17H22FNO/c1-4-14(5-2)12-19-13(3)16-9-8-15(7-6-10-20)11-17(16)18/h4,8-9,11-12,20H,3,5-7,10H2,1-2H3/b14-4-,19-12?. The van der Waals surface area contributed by atoms with Crippen molar-refractivity contribution >= 4 is 11.9 Å². The third kappa shape index (κ3) is 4.74. The minimum atomic E-state index is -0.318. The third-order valence-corrected chi connectivity index (χ3v) is 3.13. The van der Waals surface area contributed by atoms with Crippen molar-refractivity contribution in [2.75, 3.05) is 6.61 Å². The highest BCUT2D eigenvalue weighted by atomic mass is 19.1. The maximum atomic E-state index is 14.0. The number of halogens is 1. The Kier molecular flexibility index (Phi) is 6.88. The van der Waals surface area contributed by atoms with E-state index in [4.69, 9.17) is 5.11 Å². The molecule has 0 saturated heterocycles. The molecule has 0 fully saturated rings. The maximum absolute atomic E-state index is 14.0. The monoisotopic (exact) mass is 275 g/mol. The van der Waals surface area contributed by atoms with Crippen LogP contribution in [0.4, 0.5) is 4.39 Å². The molecule has 0 unspecified atom stereocenters. The molecule has 0 aliphatic carbocycles. The number of aliphatic hydroxyl groups excluding tert-OH is 1. The Morgan fingerprint density at radius 1 is 1.45 bits per heavy atom. The number of nitrogens with zero attached hydrogens (tertiary/aromatic N) is 1. The molecule has 1 aromatic rings. The highest BCUT2D eigenvalue weighted by Gasteiger charge is 2.06. The summed E-state index contributed by atoms with van der Waals surface area (Å²) in [5, 5.41) is 8.78. The van der Waals surface area contributed by atoms with E-state index in [0.29, 0.717) is 24.1 Å². The zero-order valence-corrected chi connectivity index (χ0v) is 12.2. The predicted octanol–water partition coefficient (Wildman–Crippen LogP) is 4.15. The molecule has 0 aliphatic heterocycles. The lowest BCUT2D eigenvalue weighted by Crippen LogP contribution is -1.94. The minimum absolute atomic E-state index is 0.115. The number of rotatable bonds is 7. The van der Waals surface area contributed by atoms with Gasteiger partial charge in [-0.1, -0.05) is 25.6 Å². The molecule has 0 saturated carbocycles. The second kappa shape index (κ2) is 8.43. The smallest absolute Gasteiger partial charge is 0.132 e. The number of allylic oxidation sites excluding steroid dienone is 2. The Bertz CT molecular complexity index is 518. The van der Waals surface area contributed by atoms with Crippen molar-refractivity contribution in [2.24, 2.45) is 4.99 Å². The first-order chi connectivity index (χ1) is 9.62. The average molecular weight is 275 g/mol. The van der Waals surface area contributed by atoms with Gasteiger partial charge in [0.15, 0.2) is 0 Å². The maximum Gasteiger partial charge on any atom is 0.132 e. The second-order valence-electron chi connectivity index (χ2n) is 4.56. The second-order valence-corrected chi connectivity index (χ2v) is 4.56. The Hall–Kier alpha value is -1.74. The van der Waals surface area contributed by atoms with Gasteiger partial charge in [-0.05, 0) is 49.5 Å². The minimum Gasteiger partial charge on any atom is -0.396 e. The van der Waals surface area contributed by atoms with Crippen LogP contribution in [0.1, 0.15) is 37.8 Å². The molecular weight excluding hydrogens is 253 g/mol. The molecule has 1 rings (SSSR count). The van der Waals surface area contributed by atoms with E-state index in [1.54, 1.807) is 12.3 Å². The molecule has 0 amide bonds. The molecule has 1 aromatic carbocycles. The lowest BCUT2D eigenvalue weighted by atomic mass is 10.1. The summed E-state index contributed by atoms with van der Waals surface area (Å²) >= 11 is 0. The number of aryl methyl sites for hydroxylation is 1. The normalized spacial score (nSPS) is 12.1. The fraction of sp³-hybridized carbons (Fsp3) is 0.353. The van der Waals surface area contributed by atoms with Gasteiger partial charge < -0.3 is 5.11 Å². The zero-order valence-electron chi connectivity index (χ0n) is 12.2. The van der Waals surface area contributed by atoms with Crippen molar-refractivity contribution in [1.29, 1.82) is 0 Å². The topological polar surface area (TPSA) is 32.6 Å². The van der Waals surface area contributed by atoms with Crippen LogP contribution in [0.2, 0.25) is 0 Å². The van der Waals surface area contributed by atoms with E-state index in [9.17, 15) is 4.39 Å². The van der Waals surface area contributed by atoms with Crippen molar-refractivity contribution in [1.82, 2.24) is 0 Å². The summed E-state index contributed by atoms with van der Waals surface area (Å²) < 4.78 is 14.0. The van der Waals surface area contributed by atoms with E-state index in [-0.39, 0.29) is 12.4 Å². The first kappa shape index (κ1) is 16.3. The first-order valence-electron chi connectivity index (χ1n) is 6.90. The molecule has 20 heavy (non-hydrogen) atoms. The molecule has 0 heterocycles. The van der Waals surface area contributed by atoms with Crippen LogP contribution in [-0.2, 0) is 6.42 Å². The Labute approximate surface area is 120 Å². The Morgan fingerprint density at radius 3 is 2.75 bits per heavy atom. The SMILES string of the molecule is C=C(N=C/C(=C\C)CC)c1ccc(CCCO)cc1F. The van der Waals surface area contributed by atoms with Crippen molar-refractivity contribution in [2.45, 2.75) is 33.1 Å². The van der Waals surface area contributed by atoms with Crippen LogP contribution < -0.4 is 0 Å². The Balaban J connectivity index is 2.84. The van der Waals surface area contributed by atoms with Gasteiger partial charge in [0.2, 0.25) is 0 Å². The molecule has 3 heteroatoms.